The van der Waals surface area contributed by atoms with E-state index in [4.69, 9.17) is 16.6 Å². The van der Waals surface area contributed by atoms with Crippen LogP contribution in [0, 0.1) is 4.91 Å². The molecular formula is C27H31ClN6O2. The zero-order chi connectivity index (χ0) is 25.1. The van der Waals surface area contributed by atoms with E-state index in [1.165, 1.54) is 5.01 Å². The average Bonchev–Trinajstić information content (AvgIpc) is 3.76. The number of pyridine rings is 1. The van der Waals surface area contributed by atoms with E-state index in [0.717, 1.165) is 67.2 Å². The van der Waals surface area contributed by atoms with Gasteiger partial charge in [0, 0.05) is 55.5 Å². The van der Waals surface area contributed by atoms with E-state index in [0.29, 0.717) is 35.3 Å². The number of nitroso groups, excluding NO2 is 1. The summed E-state index contributed by atoms with van der Waals surface area (Å²) in [4.78, 5) is 18.6. The Kier molecular flexibility index (Phi) is 7.36. The first-order chi connectivity index (χ1) is 17.6. The maximum absolute atomic E-state index is 11.4. The van der Waals surface area contributed by atoms with Crippen LogP contribution in [0.1, 0.15) is 24.5 Å². The van der Waals surface area contributed by atoms with Crippen molar-refractivity contribution >= 4 is 23.1 Å². The second kappa shape index (κ2) is 10.8. The van der Waals surface area contributed by atoms with Crippen LogP contribution < -0.4 is 20.5 Å². The number of nitrogens with one attached hydrogen (secondary N) is 2. The normalized spacial score (nSPS) is 15.7. The van der Waals surface area contributed by atoms with Crippen molar-refractivity contribution in [2.24, 2.45) is 5.29 Å². The Morgan fingerprint density at radius 2 is 1.89 bits per heavy atom. The van der Waals surface area contributed by atoms with Crippen LogP contribution in [0.4, 0.5) is 11.5 Å². The van der Waals surface area contributed by atoms with Crippen molar-refractivity contribution in [1.82, 2.24) is 15.6 Å². The molecule has 1 aliphatic heterocycles. The van der Waals surface area contributed by atoms with Crippen LogP contribution in [0.3, 0.4) is 0 Å². The minimum Gasteiger partial charge on any atom is -0.507 e. The number of aromatic hydroxyl groups is 1. The molecule has 8 nitrogen and oxygen atoms in total. The Morgan fingerprint density at radius 1 is 1.14 bits per heavy atom. The topological polar surface area (TPSA) is 93.1 Å². The molecule has 3 aromatic rings. The highest BCUT2D eigenvalue weighted by molar-refractivity contribution is 6.33. The Balaban J connectivity index is 1.50. The van der Waals surface area contributed by atoms with Crippen LogP contribution >= 0.6 is 11.6 Å². The van der Waals surface area contributed by atoms with Crippen molar-refractivity contribution in [3.63, 3.8) is 0 Å². The number of phenolic OH excluding ortho intramolecular Hbond substituents is 1. The summed E-state index contributed by atoms with van der Waals surface area (Å²) in [6.45, 7) is 4.71. The number of phenols is 1. The second-order valence-corrected chi connectivity index (χ2v) is 9.73. The fourth-order valence-electron chi connectivity index (χ4n) is 4.65. The van der Waals surface area contributed by atoms with Crippen LogP contribution in [0.2, 0.25) is 5.02 Å². The molecular weight excluding hydrogens is 476 g/mol. The number of halogens is 1. The van der Waals surface area contributed by atoms with E-state index in [1.54, 1.807) is 12.1 Å². The third-order valence-corrected chi connectivity index (χ3v) is 7.13. The number of likely N-dealkylation sites (N-methyl/N-ethyl adjacent to an activating group) is 1. The molecule has 1 saturated carbocycles. The van der Waals surface area contributed by atoms with Gasteiger partial charge < -0.3 is 20.6 Å². The molecule has 0 bridgehead atoms. The van der Waals surface area contributed by atoms with Gasteiger partial charge in [-0.15, -0.1) is 4.91 Å². The highest BCUT2D eigenvalue weighted by Gasteiger charge is 2.27. The maximum Gasteiger partial charge on any atom is 0.131 e. The smallest absolute Gasteiger partial charge is 0.131 e. The second-order valence-electron chi connectivity index (χ2n) is 9.33. The molecule has 9 heteroatoms. The maximum atomic E-state index is 11.4. The largest absolute Gasteiger partial charge is 0.507 e. The average molecular weight is 507 g/mol. The van der Waals surface area contributed by atoms with E-state index in [2.05, 4.69) is 33.0 Å². The number of piperazine rings is 1. The van der Waals surface area contributed by atoms with Crippen molar-refractivity contribution in [3.05, 3.63) is 64.2 Å². The van der Waals surface area contributed by atoms with E-state index in [9.17, 15) is 10.0 Å². The van der Waals surface area contributed by atoms with Gasteiger partial charge in [-0.1, -0.05) is 35.9 Å². The lowest BCUT2D eigenvalue weighted by Gasteiger charge is -2.29. The standard InChI is InChI=1S/C27H31ClN6O2/c1-29-9-14-34(32-36)25-8-7-19(15-23(25)28)21-3-2-4-22(27(21)35)20-16-24(18-5-6-18)31-26(17-20)33-12-10-30-11-13-33/h2-4,7-8,15-18,29-30,35H,5-6,9-14H2,1H3. The molecule has 1 aromatic heterocycles. The minimum absolute atomic E-state index is 0.195. The summed E-state index contributed by atoms with van der Waals surface area (Å²) < 4.78 is 0. The fourth-order valence-corrected chi connectivity index (χ4v) is 4.93. The lowest BCUT2D eigenvalue weighted by molar-refractivity contribution is 0.479. The van der Waals surface area contributed by atoms with Gasteiger partial charge in [-0.25, -0.2) is 9.99 Å². The van der Waals surface area contributed by atoms with Crippen LogP contribution in [-0.2, 0) is 0 Å². The van der Waals surface area contributed by atoms with Gasteiger partial charge in [0.1, 0.15) is 11.6 Å². The number of nitrogens with zero attached hydrogens (tertiary/aromatic N) is 4. The van der Waals surface area contributed by atoms with E-state index < -0.39 is 0 Å². The van der Waals surface area contributed by atoms with Gasteiger partial charge in [0.15, 0.2) is 0 Å². The highest BCUT2D eigenvalue weighted by atomic mass is 35.5. The quantitative estimate of drug-likeness (QED) is 0.284. The molecule has 2 fully saturated rings. The number of aromatic nitrogens is 1. The molecule has 0 unspecified atom stereocenters. The van der Waals surface area contributed by atoms with Gasteiger partial charge >= 0.3 is 0 Å². The van der Waals surface area contributed by atoms with E-state index in [1.807, 2.05) is 31.3 Å². The number of hydrogen-bond acceptors (Lipinski definition) is 7. The third-order valence-electron chi connectivity index (χ3n) is 6.82. The van der Waals surface area contributed by atoms with Crippen LogP contribution in [0.5, 0.6) is 5.75 Å². The predicted octanol–water partition coefficient (Wildman–Crippen LogP) is 4.77. The molecule has 2 aliphatic rings. The van der Waals surface area contributed by atoms with Crippen LogP contribution in [0.25, 0.3) is 22.3 Å². The van der Waals surface area contributed by atoms with Crippen molar-refractivity contribution in [2.75, 3.05) is 56.2 Å². The van der Waals surface area contributed by atoms with Gasteiger partial charge in [-0.05, 0) is 55.3 Å². The van der Waals surface area contributed by atoms with Crippen molar-refractivity contribution in [1.29, 1.82) is 0 Å². The molecule has 2 aromatic carbocycles. The molecule has 0 radical (unpaired) electrons. The Hall–Kier alpha value is -3.20. The summed E-state index contributed by atoms with van der Waals surface area (Å²) in [5.74, 6) is 1.66. The fraction of sp³-hybridized carbons (Fsp3) is 0.370. The highest BCUT2D eigenvalue weighted by Crippen LogP contribution is 2.44. The number of rotatable bonds is 9. The van der Waals surface area contributed by atoms with E-state index >= 15 is 0 Å². The Bertz CT molecular complexity index is 1240. The van der Waals surface area contributed by atoms with Gasteiger partial charge in [-0.2, -0.15) is 0 Å². The molecule has 1 aliphatic carbocycles. The van der Waals surface area contributed by atoms with E-state index in [-0.39, 0.29) is 5.75 Å². The number of para-hydroxylation sites is 1. The molecule has 2 heterocycles. The summed E-state index contributed by atoms with van der Waals surface area (Å²) in [6, 6.07) is 15.4. The molecule has 1 saturated heterocycles. The first-order valence-electron chi connectivity index (χ1n) is 12.4. The summed E-state index contributed by atoms with van der Waals surface area (Å²) >= 11 is 6.55. The van der Waals surface area contributed by atoms with Crippen molar-refractivity contribution in [2.45, 2.75) is 18.8 Å². The molecule has 0 atom stereocenters. The number of benzene rings is 2. The zero-order valence-electron chi connectivity index (χ0n) is 20.4. The van der Waals surface area contributed by atoms with Crippen LogP contribution in [0.15, 0.2) is 53.8 Å². The summed E-state index contributed by atoms with van der Waals surface area (Å²) in [5.41, 5.74) is 4.80. The third kappa shape index (κ3) is 5.16. The molecule has 188 valence electrons. The lowest BCUT2D eigenvalue weighted by atomic mass is 9.96. The Morgan fingerprint density at radius 3 is 2.56 bits per heavy atom. The molecule has 0 amide bonds. The van der Waals surface area contributed by atoms with Gasteiger partial charge in [0.25, 0.3) is 0 Å². The minimum atomic E-state index is 0.195. The summed E-state index contributed by atoms with van der Waals surface area (Å²) in [5, 5.41) is 22.6. The predicted molar refractivity (Wildman–Crippen MR) is 146 cm³/mol. The van der Waals surface area contributed by atoms with Crippen LogP contribution in [-0.4, -0.2) is 56.4 Å². The molecule has 36 heavy (non-hydrogen) atoms. The van der Waals surface area contributed by atoms with Gasteiger partial charge in [0.2, 0.25) is 0 Å². The zero-order valence-corrected chi connectivity index (χ0v) is 21.1. The van der Waals surface area contributed by atoms with Gasteiger partial charge in [-0.3, -0.25) is 0 Å². The number of anilines is 2. The molecule has 5 rings (SSSR count). The first kappa shape index (κ1) is 24.5. The van der Waals surface area contributed by atoms with Crippen molar-refractivity contribution < 1.29 is 5.11 Å². The first-order valence-corrected chi connectivity index (χ1v) is 12.8. The lowest BCUT2D eigenvalue weighted by Crippen LogP contribution is -2.44. The Labute approximate surface area is 216 Å². The van der Waals surface area contributed by atoms with Crippen molar-refractivity contribution in [3.8, 4) is 28.0 Å². The molecule has 0 spiro atoms. The van der Waals surface area contributed by atoms with Gasteiger partial charge in [0.05, 0.1) is 22.5 Å². The summed E-state index contributed by atoms with van der Waals surface area (Å²) in [6.07, 6.45) is 2.32. The SMILES string of the molecule is CNCCN(N=O)c1ccc(-c2cccc(-c3cc(C4CC4)nc(N4CCNCC4)c3)c2O)cc1Cl. The number of hydrogen-bond donors (Lipinski definition) is 3. The molecule has 3 N–H and O–H groups in total. The monoisotopic (exact) mass is 506 g/mol. The summed E-state index contributed by atoms with van der Waals surface area (Å²) in [7, 11) is 1.81.